The molecule has 2 N–H and O–H groups in total. The minimum Gasteiger partial charge on any atom is -0.484 e. The number of aryl methyl sites for hydroxylation is 1. The van der Waals surface area contributed by atoms with Crippen molar-refractivity contribution in [1.82, 2.24) is 5.32 Å². The molecule has 0 heterocycles. The van der Waals surface area contributed by atoms with Crippen LogP contribution in [-0.2, 0) is 4.79 Å². The van der Waals surface area contributed by atoms with Gasteiger partial charge in [-0.1, -0.05) is 17.7 Å². The number of ether oxygens (including phenoxy) is 2. The van der Waals surface area contributed by atoms with Crippen LogP contribution in [0.3, 0.4) is 0 Å². The Hall–Kier alpha value is -3.80. The molecule has 0 aromatic heterocycles. The minimum absolute atomic E-state index is 0.0847. The Morgan fingerprint density at radius 2 is 1.42 bits per heavy atom. The van der Waals surface area contributed by atoms with Crippen molar-refractivity contribution in [3.05, 3.63) is 83.9 Å². The van der Waals surface area contributed by atoms with Gasteiger partial charge in [0.15, 0.2) is 6.61 Å². The molecule has 1 aliphatic rings. The van der Waals surface area contributed by atoms with Crippen molar-refractivity contribution < 1.29 is 19.1 Å². The third-order valence-electron chi connectivity index (χ3n) is 4.79. The molecule has 1 aliphatic carbocycles. The third-order valence-corrected chi connectivity index (χ3v) is 4.79. The molecule has 6 nitrogen and oxygen atoms in total. The van der Waals surface area contributed by atoms with E-state index in [9.17, 15) is 9.59 Å². The summed E-state index contributed by atoms with van der Waals surface area (Å²) in [5.74, 6) is 1.65. The molecule has 0 bridgehead atoms. The van der Waals surface area contributed by atoms with Gasteiger partial charge < -0.3 is 20.1 Å². The van der Waals surface area contributed by atoms with E-state index in [1.54, 1.807) is 48.5 Å². The summed E-state index contributed by atoms with van der Waals surface area (Å²) >= 11 is 0. The number of rotatable bonds is 8. The quantitative estimate of drug-likeness (QED) is 0.558. The second kappa shape index (κ2) is 9.34. The van der Waals surface area contributed by atoms with Crippen LogP contribution in [-0.4, -0.2) is 24.5 Å². The van der Waals surface area contributed by atoms with E-state index < -0.39 is 0 Å². The minimum atomic E-state index is -0.282. The van der Waals surface area contributed by atoms with Crippen molar-refractivity contribution in [2.75, 3.05) is 11.9 Å². The zero-order valence-electron chi connectivity index (χ0n) is 17.3. The molecule has 0 radical (unpaired) electrons. The van der Waals surface area contributed by atoms with Crippen LogP contribution in [0.15, 0.2) is 72.8 Å². The van der Waals surface area contributed by atoms with Gasteiger partial charge in [0, 0.05) is 17.3 Å². The van der Waals surface area contributed by atoms with E-state index in [2.05, 4.69) is 10.6 Å². The zero-order chi connectivity index (χ0) is 21.6. The normalized spacial score (nSPS) is 12.7. The Morgan fingerprint density at radius 3 is 2.03 bits per heavy atom. The molecule has 3 aromatic rings. The molecule has 3 aromatic carbocycles. The van der Waals surface area contributed by atoms with Gasteiger partial charge >= 0.3 is 0 Å². The first-order valence-corrected chi connectivity index (χ1v) is 10.2. The molecule has 2 amide bonds. The third kappa shape index (κ3) is 6.09. The van der Waals surface area contributed by atoms with Crippen molar-refractivity contribution in [3.8, 4) is 17.2 Å². The highest BCUT2D eigenvalue weighted by atomic mass is 16.5. The SMILES string of the molecule is Cc1ccc(Oc2ccc(OCC(=O)Nc3ccc(C(=O)NC4CC4)cc3)cc2)cc1. The van der Waals surface area contributed by atoms with Crippen molar-refractivity contribution in [2.45, 2.75) is 25.8 Å². The topological polar surface area (TPSA) is 76.7 Å². The molecule has 1 fully saturated rings. The number of carbonyl (C=O) groups is 2. The van der Waals surface area contributed by atoms with Gasteiger partial charge in [0.25, 0.3) is 11.8 Å². The number of anilines is 1. The maximum atomic E-state index is 12.2. The average Bonchev–Trinajstić information content (AvgIpc) is 3.59. The molecule has 0 unspecified atom stereocenters. The van der Waals surface area contributed by atoms with Gasteiger partial charge in [-0.15, -0.1) is 0 Å². The molecular formula is C25H24N2O4. The summed E-state index contributed by atoms with van der Waals surface area (Å²) in [5.41, 5.74) is 2.36. The Morgan fingerprint density at radius 1 is 0.839 bits per heavy atom. The molecule has 0 aliphatic heterocycles. The summed E-state index contributed by atoms with van der Waals surface area (Å²) in [6, 6.07) is 22.0. The largest absolute Gasteiger partial charge is 0.484 e. The maximum Gasteiger partial charge on any atom is 0.262 e. The van der Waals surface area contributed by atoms with Crippen molar-refractivity contribution in [1.29, 1.82) is 0 Å². The fraction of sp³-hybridized carbons (Fsp3) is 0.200. The highest BCUT2D eigenvalue weighted by Crippen LogP contribution is 2.24. The van der Waals surface area contributed by atoms with E-state index in [1.165, 1.54) is 5.56 Å². The fourth-order valence-electron chi connectivity index (χ4n) is 2.89. The van der Waals surface area contributed by atoms with Crippen LogP contribution in [0.1, 0.15) is 28.8 Å². The van der Waals surface area contributed by atoms with Gasteiger partial charge in [-0.25, -0.2) is 0 Å². The molecule has 1 saturated carbocycles. The molecule has 0 spiro atoms. The number of benzene rings is 3. The second-order valence-corrected chi connectivity index (χ2v) is 7.55. The highest BCUT2D eigenvalue weighted by molar-refractivity contribution is 5.96. The molecule has 158 valence electrons. The molecule has 31 heavy (non-hydrogen) atoms. The monoisotopic (exact) mass is 416 g/mol. The lowest BCUT2D eigenvalue weighted by atomic mass is 10.2. The number of hydrogen-bond donors (Lipinski definition) is 2. The van der Waals surface area contributed by atoms with E-state index in [0.29, 0.717) is 28.8 Å². The second-order valence-electron chi connectivity index (χ2n) is 7.55. The molecule has 0 saturated heterocycles. The summed E-state index contributed by atoms with van der Waals surface area (Å²) in [6.45, 7) is 1.90. The Labute approximate surface area is 181 Å². The van der Waals surface area contributed by atoms with E-state index in [4.69, 9.17) is 9.47 Å². The first kappa shape index (κ1) is 20.5. The van der Waals surface area contributed by atoms with Gasteiger partial charge in [-0.3, -0.25) is 9.59 Å². The van der Waals surface area contributed by atoms with Crippen LogP contribution in [0.4, 0.5) is 5.69 Å². The molecular weight excluding hydrogens is 392 g/mol. The predicted molar refractivity (Wildman–Crippen MR) is 119 cm³/mol. The van der Waals surface area contributed by atoms with E-state index >= 15 is 0 Å². The first-order valence-electron chi connectivity index (χ1n) is 10.2. The summed E-state index contributed by atoms with van der Waals surface area (Å²) in [4.78, 5) is 24.2. The van der Waals surface area contributed by atoms with Gasteiger partial charge in [0.05, 0.1) is 0 Å². The maximum absolute atomic E-state index is 12.2. The summed E-state index contributed by atoms with van der Waals surface area (Å²) in [7, 11) is 0. The van der Waals surface area contributed by atoms with Gasteiger partial charge in [-0.05, 0) is 80.4 Å². The van der Waals surface area contributed by atoms with Crippen LogP contribution in [0, 0.1) is 6.92 Å². The summed E-state index contributed by atoms with van der Waals surface area (Å²) in [6.07, 6.45) is 2.09. The fourth-order valence-corrected chi connectivity index (χ4v) is 2.89. The standard InChI is InChI=1S/C25H24N2O4/c1-17-2-10-22(11-3-17)31-23-14-12-21(13-15-23)30-16-24(28)26-19-6-4-18(5-7-19)25(29)27-20-8-9-20/h2-7,10-15,20H,8-9,16H2,1H3,(H,26,28)(H,27,29). The van der Waals surface area contributed by atoms with Crippen LogP contribution < -0.4 is 20.1 Å². The first-order chi connectivity index (χ1) is 15.0. The van der Waals surface area contributed by atoms with Crippen LogP contribution in [0.5, 0.6) is 17.2 Å². The lowest BCUT2D eigenvalue weighted by molar-refractivity contribution is -0.118. The van der Waals surface area contributed by atoms with Crippen molar-refractivity contribution in [3.63, 3.8) is 0 Å². The lowest BCUT2D eigenvalue weighted by Crippen LogP contribution is -2.25. The zero-order valence-corrected chi connectivity index (χ0v) is 17.3. The molecule has 6 heteroatoms. The Kier molecular flexibility index (Phi) is 6.17. The number of carbonyl (C=O) groups excluding carboxylic acids is 2. The smallest absolute Gasteiger partial charge is 0.262 e. The van der Waals surface area contributed by atoms with Gasteiger partial charge in [0.2, 0.25) is 0 Å². The van der Waals surface area contributed by atoms with Crippen LogP contribution in [0.2, 0.25) is 0 Å². The Bertz CT molecular complexity index is 1040. The highest BCUT2D eigenvalue weighted by Gasteiger charge is 2.23. The summed E-state index contributed by atoms with van der Waals surface area (Å²) < 4.78 is 11.3. The van der Waals surface area contributed by atoms with Gasteiger partial charge in [-0.2, -0.15) is 0 Å². The molecule has 0 atom stereocenters. The van der Waals surface area contributed by atoms with Crippen molar-refractivity contribution in [2.24, 2.45) is 0 Å². The van der Waals surface area contributed by atoms with E-state index in [0.717, 1.165) is 18.6 Å². The number of hydrogen-bond acceptors (Lipinski definition) is 4. The van der Waals surface area contributed by atoms with Gasteiger partial charge in [0.1, 0.15) is 17.2 Å². The number of amides is 2. The van der Waals surface area contributed by atoms with Crippen molar-refractivity contribution >= 4 is 17.5 Å². The number of nitrogens with one attached hydrogen (secondary N) is 2. The Balaban J connectivity index is 1.23. The summed E-state index contributed by atoms with van der Waals surface area (Å²) in [5, 5.41) is 5.69. The predicted octanol–water partition coefficient (Wildman–Crippen LogP) is 4.70. The van der Waals surface area contributed by atoms with E-state index in [-0.39, 0.29) is 18.4 Å². The molecule has 4 rings (SSSR count). The van der Waals surface area contributed by atoms with E-state index in [1.807, 2.05) is 31.2 Å². The van der Waals surface area contributed by atoms with Crippen LogP contribution >= 0.6 is 0 Å². The average molecular weight is 416 g/mol. The lowest BCUT2D eigenvalue weighted by Gasteiger charge is -2.10. The van der Waals surface area contributed by atoms with Crippen LogP contribution in [0.25, 0.3) is 0 Å².